The summed E-state index contributed by atoms with van der Waals surface area (Å²) in [6.07, 6.45) is 0. The second-order valence-electron chi connectivity index (χ2n) is 3.65. The van der Waals surface area contributed by atoms with Gasteiger partial charge in [-0.2, -0.15) is 0 Å². The van der Waals surface area contributed by atoms with Crippen LogP contribution in [-0.4, -0.2) is 4.21 Å². The van der Waals surface area contributed by atoms with Crippen LogP contribution in [0.1, 0.15) is 5.56 Å². The summed E-state index contributed by atoms with van der Waals surface area (Å²) in [6, 6.07) is 14.6. The van der Waals surface area contributed by atoms with Crippen molar-refractivity contribution in [2.45, 2.75) is 10.6 Å². The number of rotatable bonds is 3. The quantitative estimate of drug-likeness (QED) is 0.866. The standard InChI is InChI=1S/C13H12ClNOS/c14-11-7-5-10(6-8-11)9-17(16)13-4-2-1-3-12(13)15/h1-8H,9,15H2. The number of halogens is 1. The zero-order valence-electron chi connectivity index (χ0n) is 9.10. The Labute approximate surface area is 108 Å². The molecule has 0 fully saturated rings. The van der Waals surface area contributed by atoms with Gasteiger partial charge >= 0.3 is 0 Å². The van der Waals surface area contributed by atoms with Crippen molar-refractivity contribution < 1.29 is 4.21 Å². The monoisotopic (exact) mass is 265 g/mol. The van der Waals surface area contributed by atoms with Crippen LogP contribution in [0.4, 0.5) is 5.69 Å². The van der Waals surface area contributed by atoms with Crippen molar-refractivity contribution in [3.05, 3.63) is 59.1 Å². The molecule has 0 saturated heterocycles. The zero-order chi connectivity index (χ0) is 12.3. The molecule has 2 aromatic rings. The predicted molar refractivity (Wildman–Crippen MR) is 72.4 cm³/mol. The van der Waals surface area contributed by atoms with E-state index in [0.717, 1.165) is 5.56 Å². The summed E-state index contributed by atoms with van der Waals surface area (Å²) < 4.78 is 12.1. The Bertz CT molecular complexity index is 539. The Morgan fingerprint density at radius 3 is 2.35 bits per heavy atom. The zero-order valence-corrected chi connectivity index (χ0v) is 10.7. The van der Waals surface area contributed by atoms with Crippen LogP contribution < -0.4 is 5.73 Å². The molecule has 0 aliphatic rings. The van der Waals surface area contributed by atoms with Crippen LogP contribution in [0, 0.1) is 0 Å². The fourth-order valence-electron chi connectivity index (χ4n) is 1.50. The van der Waals surface area contributed by atoms with Crippen LogP contribution in [0.15, 0.2) is 53.4 Å². The van der Waals surface area contributed by atoms with Crippen molar-refractivity contribution >= 4 is 28.1 Å². The largest absolute Gasteiger partial charge is 0.398 e. The van der Waals surface area contributed by atoms with E-state index >= 15 is 0 Å². The third kappa shape index (κ3) is 3.08. The van der Waals surface area contributed by atoms with E-state index in [9.17, 15) is 4.21 Å². The Kier molecular flexibility index (Phi) is 3.82. The number of hydrogen-bond acceptors (Lipinski definition) is 2. The topological polar surface area (TPSA) is 43.1 Å². The number of anilines is 1. The molecule has 4 heteroatoms. The van der Waals surface area contributed by atoms with Gasteiger partial charge in [0.15, 0.2) is 0 Å². The maximum Gasteiger partial charge on any atom is 0.0620 e. The molecule has 1 unspecified atom stereocenters. The summed E-state index contributed by atoms with van der Waals surface area (Å²) in [4.78, 5) is 0.683. The van der Waals surface area contributed by atoms with E-state index in [0.29, 0.717) is 21.4 Å². The summed E-state index contributed by atoms with van der Waals surface area (Å²) in [7, 11) is -1.12. The molecule has 0 aliphatic heterocycles. The second-order valence-corrected chi connectivity index (χ2v) is 5.51. The first kappa shape index (κ1) is 12.1. The van der Waals surface area contributed by atoms with E-state index in [1.807, 2.05) is 24.3 Å². The molecule has 1 atom stereocenters. The Morgan fingerprint density at radius 1 is 1.06 bits per heavy atom. The lowest BCUT2D eigenvalue weighted by Gasteiger charge is -2.05. The molecule has 0 aliphatic carbocycles. The maximum absolute atomic E-state index is 12.1. The van der Waals surface area contributed by atoms with Gasteiger partial charge in [-0.3, -0.25) is 4.21 Å². The van der Waals surface area contributed by atoms with Gasteiger partial charge in [0, 0.05) is 10.7 Å². The molecule has 17 heavy (non-hydrogen) atoms. The highest BCUT2D eigenvalue weighted by atomic mass is 35.5. The minimum atomic E-state index is -1.12. The Morgan fingerprint density at radius 2 is 1.71 bits per heavy atom. The van der Waals surface area contributed by atoms with E-state index in [1.54, 1.807) is 24.3 Å². The molecule has 0 heterocycles. The van der Waals surface area contributed by atoms with Gasteiger partial charge < -0.3 is 5.73 Å². The maximum atomic E-state index is 12.1. The lowest BCUT2D eigenvalue weighted by Crippen LogP contribution is -2.00. The van der Waals surface area contributed by atoms with Gasteiger partial charge in [0.1, 0.15) is 0 Å². The van der Waals surface area contributed by atoms with Crippen molar-refractivity contribution in [3.8, 4) is 0 Å². The Balaban J connectivity index is 2.17. The molecule has 0 saturated carbocycles. The SMILES string of the molecule is Nc1ccccc1S(=O)Cc1ccc(Cl)cc1. The van der Waals surface area contributed by atoms with Gasteiger partial charge in [-0.05, 0) is 29.8 Å². The van der Waals surface area contributed by atoms with Crippen molar-refractivity contribution in [2.24, 2.45) is 0 Å². The summed E-state index contributed by atoms with van der Waals surface area (Å²) in [6.45, 7) is 0. The minimum absolute atomic E-state index is 0.450. The van der Waals surface area contributed by atoms with Crippen LogP contribution >= 0.6 is 11.6 Å². The number of hydrogen-bond donors (Lipinski definition) is 1. The summed E-state index contributed by atoms with van der Waals surface area (Å²) in [5.41, 5.74) is 7.34. The lowest BCUT2D eigenvalue weighted by atomic mass is 10.2. The van der Waals surface area contributed by atoms with Gasteiger partial charge in [0.25, 0.3) is 0 Å². The normalized spacial score (nSPS) is 12.3. The van der Waals surface area contributed by atoms with E-state index in [2.05, 4.69) is 0 Å². The summed E-state index contributed by atoms with van der Waals surface area (Å²) >= 11 is 5.79. The number of benzene rings is 2. The molecular formula is C13H12ClNOS. The minimum Gasteiger partial charge on any atom is -0.398 e. The number of para-hydroxylation sites is 1. The van der Waals surface area contributed by atoms with Crippen LogP contribution in [-0.2, 0) is 16.6 Å². The molecule has 0 radical (unpaired) electrons. The molecule has 2 aromatic carbocycles. The number of nitrogens with two attached hydrogens (primary N) is 1. The first-order chi connectivity index (χ1) is 8.16. The van der Waals surface area contributed by atoms with E-state index < -0.39 is 10.8 Å². The molecule has 0 bridgehead atoms. The molecule has 0 aromatic heterocycles. The average Bonchev–Trinajstić information content (AvgIpc) is 2.32. The molecular weight excluding hydrogens is 254 g/mol. The van der Waals surface area contributed by atoms with Crippen molar-refractivity contribution in [1.29, 1.82) is 0 Å². The molecule has 2 nitrogen and oxygen atoms in total. The molecule has 88 valence electrons. The first-order valence-corrected chi connectivity index (χ1v) is 6.84. The van der Waals surface area contributed by atoms with Gasteiger partial charge in [-0.25, -0.2) is 0 Å². The van der Waals surface area contributed by atoms with Gasteiger partial charge in [-0.1, -0.05) is 35.9 Å². The van der Waals surface area contributed by atoms with Gasteiger partial charge in [-0.15, -0.1) is 0 Å². The summed E-state index contributed by atoms with van der Waals surface area (Å²) in [5, 5.41) is 0.679. The summed E-state index contributed by atoms with van der Waals surface area (Å²) in [5.74, 6) is 0.450. The molecule has 0 spiro atoms. The van der Waals surface area contributed by atoms with Crippen LogP contribution in [0.25, 0.3) is 0 Å². The van der Waals surface area contributed by atoms with E-state index in [4.69, 9.17) is 17.3 Å². The van der Waals surface area contributed by atoms with Crippen LogP contribution in [0.5, 0.6) is 0 Å². The van der Waals surface area contributed by atoms with E-state index in [1.165, 1.54) is 0 Å². The van der Waals surface area contributed by atoms with Crippen molar-refractivity contribution in [3.63, 3.8) is 0 Å². The third-order valence-electron chi connectivity index (χ3n) is 2.38. The lowest BCUT2D eigenvalue weighted by molar-refractivity contribution is 0.683. The second kappa shape index (κ2) is 5.34. The highest BCUT2D eigenvalue weighted by molar-refractivity contribution is 7.84. The highest BCUT2D eigenvalue weighted by Gasteiger charge is 2.07. The molecule has 2 N–H and O–H groups in total. The van der Waals surface area contributed by atoms with Crippen molar-refractivity contribution in [2.75, 3.05) is 5.73 Å². The van der Waals surface area contributed by atoms with Crippen LogP contribution in [0.2, 0.25) is 5.02 Å². The molecule has 2 rings (SSSR count). The Hall–Kier alpha value is -1.32. The number of nitrogen functional groups attached to an aromatic ring is 1. The van der Waals surface area contributed by atoms with Crippen LogP contribution in [0.3, 0.4) is 0 Å². The van der Waals surface area contributed by atoms with Gasteiger partial charge in [0.05, 0.1) is 21.4 Å². The smallest absolute Gasteiger partial charge is 0.0620 e. The predicted octanol–water partition coefficient (Wildman–Crippen LogP) is 3.23. The fraction of sp³-hybridized carbons (Fsp3) is 0.0769. The highest BCUT2D eigenvalue weighted by Crippen LogP contribution is 2.19. The van der Waals surface area contributed by atoms with Gasteiger partial charge in [0.2, 0.25) is 0 Å². The van der Waals surface area contributed by atoms with Crippen molar-refractivity contribution in [1.82, 2.24) is 0 Å². The molecule has 0 amide bonds. The fourth-order valence-corrected chi connectivity index (χ4v) is 2.84. The third-order valence-corrected chi connectivity index (χ3v) is 4.09. The van der Waals surface area contributed by atoms with E-state index in [-0.39, 0.29) is 0 Å². The first-order valence-electron chi connectivity index (χ1n) is 5.14. The average molecular weight is 266 g/mol.